The zero-order valence-electron chi connectivity index (χ0n) is 5.31. The van der Waals surface area contributed by atoms with Gasteiger partial charge in [0, 0.05) is 12.6 Å². The molecule has 1 rings (SSSR count). The van der Waals surface area contributed by atoms with Gasteiger partial charge >= 0.3 is 0 Å². The van der Waals surface area contributed by atoms with Gasteiger partial charge in [-0.2, -0.15) is 0 Å². The van der Waals surface area contributed by atoms with E-state index in [9.17, 15) is 0 Å². The molecule has 0 aliphatic carbocycles. The predicted molar refractivity (Wildman–Crippen MR) is 32.9 cm³/mol. The molecular weight excluding hydrogens is 102 g/mol. The molecule has 0 bridgehead atoms. The average Bonchev–Trinajstić information content (AvgIpc) is 1.63. The van der Waals surface area contributed by atoms with Crippen LogP contribution < -0.4 is 5.32 Å². The minimum atomic E-state index is 0.662. The van der Waals surface area contributed by atoms with E-state index >= 15 is 0 Å². The van der Waals surface area contributed by atoms with E-state index in [0.717, 1.165) is 13.2 Å². The maximum absolute atomic E-state index is 5.17. The molecule has 0 aromatic carbocycles. The summed E-state index contributed by atoms with van der Waals surface area (Å²) in [6.07, 6.45) is 1.29. The molecule has 1 aliphatic heterocycles. The van der Waals surface area contributed by atoms with E-state index in [-0.39, 0.29) is 0 Å². The van der Waals surface area contributed by atoms with Crippen molar-refractivity contribution in [2.24, 2.45) is 0 Å². The van der Waals surface area contributed by atoms with Gasteiger partial charge in [-0.05, 0) is 19.9 Å². The summed E-state index contributed by atoms with van der Waals surface area (Å²) in [6, 6.07) is 0.662. The molecule has 1 N–H and O–H groups in total. The lowest BCUT2D eigenvalue weighted by molar-refractivity contribution is 0.102. The fourth-order valence-electron chi connectivity index (χ4n) is 0.751. The minimum absolute atomic E-state index is 0.662. The largest absolute Gasteiger partial charge is 0.380 e. The normalized spacial score (nSPS) is 27.4. The topological polar surface area (TPSA) is 21.3 Å². The highest BCUT2D eigenvalue weighted by atomic mass is 16.5. The number of nitrogens with one attached hydrogen (secondary N) is 1. The SMILES string of the molecule is CCOC[C@H]1CCN1. The molecule has 0 spiro atoms. The highest BCUT2D eigenvalue weighted by Gasteiger charge is 2.14. The van der Waals surface area contributed by atoms with Crippen LogP contribution in [0.2, 0.25) is 0 Å². The monoisotopic (exact) mass is 115 g/mol. The van der Waals surface area contributed by atoms with Gasteiger partial charge in [0.1, 0.15) is 0 Å². The number of hydrogen-bond acceptors (Lipinski definition) is 2. The molecule has 48 valence electrons. The van der Waals surface area contributed by atoms with E-state index in [2.05, 4.69) is 5.32 Å². The first kappa shape index (κ1) is 6.05. The standard InChI is InChI=1S/C6H13NO/c1-2-8-5-6-3-4-7-6/h6-7H,2-5H2,1H3/t6-/m1/s1. The van der Waals surface area contributed by atoms with Crippen molar-refractivity contribution in [2.45, 2.75) is 19.4 Å². The zero-order chi connectivity index (χ0) is 5.82. The van der Waals surface area contributed by atoms with Crippen LogP contribution in [0.25, 0.3) is 0 Å². The Hall–Kier alpha value is -0.0800. The molecule has 0 unspecified atom stereocenters. The highest BCUT2D eigenvalue weighted by molar-refractivity contribution is 4.76. The second-order valence-electron chi connectivity index (χ2n) is 2.10. The molecule has 0 aromatic heterocycles. The van der Waals surface area contributed by atoms with Gasteiger partial charge < -0.3 is 10.1 Å². The van der Waals surface area contributed by atoms with Gasteiger partial charge in [-0.25, -0.2) is 0 Å². The lowest BCUT2D eigenvalue weighted by atomic mass is 10.1. The Kier molecular flexibility index (Phi) is 2.30. The van der Waals surface area contributed by atoms with Gasteiger partial charge in [-0.1, -0.05) is 0 Å². The summed E-state index contributed by atoms with van der Waals surface area (Å²) in [7, 11) is 0. The van der Waals surface area contributed by atoms with Crippen LogP contribution in [0.1, 0.15) is 13.3 Å². The summed E-state index contributed by atoms with van der Waals surface area (Å²) in [5, 5.41) is 3.26. The number of rotatable bonds is 3. The first-order valence-electron chi connectivity index (χ1n) is 3.24. The van der Waals surface area contributed by atoms with E-state index < -0.39 is 0 Å². The smallest absolute Gasteiger partial charge is 0.0619 e. The maximum atomic E-state index is 5.17. The molecular formula is C6H13NO. The molecule has 0 radical (unpaired) electrons. The summed E-state index contributed by atoms with van der Waals surface area (Å²) in [6.45, 7) is 4.95. The Morgan fingerprint density at radius 2 is 2.50 bits per heavy atom. The van der Waals surface area contributed by atoms with E-state index in [1.165, 1.54) is 13.0 Å². The molecule has 8 heavy (non-hydrogen) atoms. The van der Waals surface area contributed by atoms with Crippen LogP contribution in [0.15, 0.2) is 0 Å². The van der Waals surface area contributed by atoms with Crippen LogP contribution in [0.4, 0.5) is 0 Å². The maximum Gasteiger partial charge on any atom is 0.0619 e. The predicted octanol–water partition coefficient (Wildman–Crippen LogP) is 0.385. The molecule has 1 aliphatic rings. The van der Waals surface area contributed by atoms with Crippen molar-refractivity contribution in [3.63, 3.8) is 0 Å². The lowest BCUT2D eigenvalue weighted by Crippen LogP contribution is -2.45. The summed E-state index contributed by atoms with van der Waals surface area (Å²) in [5.74, 6) is 0. The first-order valence-corrected chi connectivity index (χ1v) is 3.24. The van der Waals surface area contributed by atoms with E-state index in [0.29, 0.717) is 6.04 Å². The van der Waals surface area contributed by atoms with E-state index in [1.54, 1.807) is 0 Å². The van der Waals surface area contributed by atoms with E-state index in [1.807, 2.05) is 6.92 Å². The van der Waals surface area contributed by atoms with Crippen molar-refractivity contribution in [3.05, 3.63) is 0 Å². The van der Waals surface area contributed by atoms with Crippen molar-refractivity contribution >= 4 is 0 Å². The van der Waals surface area contributed by atoms with Crippen molar-refractivity contribution < 1.29 is 4.74 Å². The third-order valence-electron chi connectivity index (χ3n) is 1.45. The fourth-order valence-corrected chi connectivity index (χ4v) is 0.751. The summed E-state index contributed by atoms with van der Waals surface area (Å²) >= 11 is 0. The molecule has 0 amide bonds. The van der Waals surface area contributed by atoms with Gasteiger partial charge in [0.25, 0.3) is 0 Å². The van der Waals surface area contributed by atoms with Gasteiger partial charge in [0.15, 0.2) is 0 Å². The van der Waals surface area contributed by atoms with E-state index in [4.69, 9.17) is 4.74 Å². The second-order valence-corrected chi connectivity index (χ2v) is 2.10. The Labute approximate surface area is 50.2 Å². The minimum Gasteiger partial charge on any atom is -0.380 e. The van der Waals surface area contributed by atoms with Crippen molar-refractivity contribution in [3.8, 4) is 0 Å². The molecule has 1 saturated heterocycles. The number of hydrogen-bond donors (Lipinski definition) is 1. The van der Waals surface area contributed by atoms with Crippen molar-refractivity contribution in [1.82, 2.24) is 5.32 Å². The lowest BCUT2D eigenvalue weighted by Gasteiger charge is -2.26. The Morgan fingerprint density at radius 3 is 2.88 bits per heavy atom. The summed E-state index contributed by atoms with van der Waals surface area (Å²) < 4.78 is 5.17. The fraction of sp³-hybridized carbons (Fsp3) is 1.00. The van der Waals surface area contributed by atoms with Crippen LogP contribution in [0.3, 0.4) is 0 Å². The van der Waals surface area contributed by atoms with Crippen LogP contribution in [0.5, 0.6) is 0 Å². The third kappa shape index (κ3) is 1.46. The van der Waals surface area contributed by atoms with Gasteiger partial charge in [-0.15, -0.1) is 0 Å². The summed E-state index contributed by atoms with van der Waals surface area (Å²) in [4.78, 5) is 0. The summed E-state index contributed by atoms with van der Waals surface area (Å²) in [5.41, 5.74) is 0. The van der Waals surface area contributed by atoms with Crippen LogP contribution >= 0.6 is 0 Å². The molecule has 0 saturated carbocycles. The molecule has 2 heteroatoms. The number of ether oxygens (including phenoxy) is 1. The molecule has 0 aromatic rings. The molecule has 1 fully saturated rings. The Balaban J connectivity index is 1.86. The van der Waals surface area contributed by atoms with Crippen LogP contribution in [0, 0.1) is 0 Å². The highest BCUT2D eigenvalue weighted by Crippen LogP contribution is 2.00. The van der Waals surface area contributed by atoms with Crippen LogP contribution in [-0.2, 0) is 4.74 Å². The molecule has 1 heterocycles. The quantitative estimate of drug-likeness (QED) is 0.574. The van der Waals surface area contributed by atoms with Gasteiger partial charge in [0.2, 0.25) is 0 Å². The first-order chi connectivity index (χ1) is 3.93. The molecule has 2 nitrogen and oxygen atoms in total. The Bertz CT molecular complexity index is 61.5. The van der Waals surface area contributed by atoms with Gasteiger partial charge in [-0.3, -0.25) is 0 Å². The zero-order valence-corrected chi connectivity index (χ0v) is 5.31. The average molecular weight is 115 g/mol. The van der Waals surface area contributed by atoms with Crippen molar-refractivity contribution in [1.29, 1.82) is 0 Å². The Morgan fingerprint density at radius 1 is 1.75 bits per heavy atom. The molecule has 1 atom stereocenters. The van der Waals surface area contributed by atoms with Crippen LogP contribution in [-0.4, -0.2) is 25.8 Å². The third-order valence-corrected chi connectivity index (χ3v) is 1.45. The van der Waals surface area contributed by atoms with Gasteiger partial charge in [0.05, 0.1) is 6.61 Å². The van der Waals surface area contributed by atoms with Crippen molar-refractivity contribution in [2.75, 3.05) is 19.8 Å². The second kappa shape index (κ2) is 3.05.